The van der Waals surface area contributed by atoms with E-state index >= 15 is 0 Å². The molecule has 1 saturated carbocycles. The average molecular weight is 370 g/mol. The Morgan fingerprint density at radius 3 is 2.73 bits per heavy atom. The van der Waals surface area contributed by atoms with Gasteiger partial charge in [-0.25, -0.2) is 9.78 Å². The second-order valence-electron chi connectivity index (χ2n) is 9.41. The van der Waals surface area contributed by atoms with E-state index in [-0.39, 0.29) is 12.2 Å². The standard InChI is InChI=1S/C20H35NO5/c1-12(2)11-21-8-9-22-17-14(4)15-7-6-13(3)16-10-19(5)24-18(23-17)20(15,16)26-25-19/h12-18,21H,6-11H2,1-5H3/t13-,14-,15?,16?,17+,18-,19?,20+/m1/s1. The molecule has 8 atom stereocenters. The summed E-state index contributed by atoms with van der Waals surface area (Å²) in [5.74, 6) is 1.52. The van der Waals surface area contributed by atoms with E-state index in [0.29, 0.717) is 30.3 Å². The van der Waals surface area contributed by atoms with Gasteiger partial charge in [0.05, 0.1) is 6.61 Å². The minimum Gasteiger partial charge on any atom is -0.351 e. The van der Waals surface area contributed by atoms with Crippen molar-refractivity contribution in [2.45, 2.75) is 77.8 Å². The highest BCUT2D eigenvalue weighted by atomic mass is 17.3. The lowest BCUT2D eigenvalue weighted by molar-refractivity contribution is -0.615. The van der Waals surface area contributed by atoms with E-state index in [0.717, 1.165) is 25.9 Å². The molecule has 5 aliphatic rings. The van der Waals surface area contributed by atoms with Crippen LogP contribution in [0.2, 0.25) is 0 Å². The molecule has 0 radical (unpaired) electrons. The van der Waals surface area contributed by atoms with Crippen LogP contribution in [0.4, 0.5) is 0 Å². The van der Waals surface area contributed by atoms with E-state index in [9.17, 15) is 0 Å². The van der Waals surface area contributed by atoms with Crippen molar-refractivity contribution in [2.24, 2.45) is 29.6 Å². The first-order chi connectivity index (χ1) is 12.4. The third kappa shape index (κ3) is 3.03. The summed E-state index contributed by atoms with van der Waals surface area (Å²) in [7, 11) is 0. The molecule has 26 heavy (non-hydrogen) atoms. The zero-order chi connectivity index (χ0) is 18.5. The van der Waals surface area contributed by atoms with Crippen LogP contribution >= 0.6 is 0 Å². The van der Waals surface area contributed by atoms with Gasteiger partial charge >= 0.3 is 0 Å². The molecule has 0 aromatic rings. The van der Waals surface area contributed by atoms with E-state index in [1.54, 1.807) is 0 Å². The second-order valence-corrected chi connectivity index (χ2v) is 9.41. The smallest absolute Gasteiger partial charge is 0.202 e. The number of hydrogen-bond donors (Lipinski definition) is 1. The van der Waals surface area contributed by atoms with Gasteiger partial charge in [0.25, 0.3) is 0 Å². The molecule has 0 amide bonds. The molecule has 6 nitrogen and oxygen atoms in total. The van der Waals surface area contributed by atoms with E-state index in [1.165, 1.54) is 6.42 Å². The summed E-state index contributed by atoms with van der Waals surface area (Å²) in [6.45, 7) is 13.4. The predicted molar refractivity (Wildman–Crippen MR) is 95.9 cm³/mol. The highest BCUT2D eigenvalue weighted by Crippen LogP contribution is 2.62. The third-order valence-electron chi connectivity index (χ3n) is 6.89. The monoisotopic (exact) mass is 369 g/mol. The van der Waals surface area contributed by atoms with Crippen molar-refractivity contribution in [1.82, 2.24) is 5.32 Å². The fourth-order valence-electron chi connectivity index (χ4n) is 5.51. The van der Waals surface area contributed by atoms with Gasteiger partial charge in [-0.3, -0.25) is 0 Å². The van der Waals surface area contributed by atoms with Crippen LogP contribution in [0.5, 0.6) is 0 Å². The zero-order valence-electron chi connectivity index (χ0n) is 16.8. The van der Waals surface area contributed by atoms with Gasteiger partial charge in [0.15, 0.2) is 18.2 Å². The van der Waals surface area contributed by atoms with Crippen LogP contribution in [0.15, 0.2) is 0 Å². The van der Waals surface area contributed by atoms with Gasteiger partial charge in [0.1, 0.15) is 0 Å². The Kier molecular flexibility index (Phi) is 5.12. The predicted octanol–water partition coefficient (Wildman–Crippen LogP) is 3.07. The van der Waals surface area contributed by atoms with Gasteiger partial charge in [-0.1, -0.05) is 27.7 Å². The van der Waals surface area contributed by atoms with Gasteiger partial charge < -0.3 is 19.5 Å². The van der Waals surface area contributed by atoms with E-state index in [4.69, 9.17) is 24.0 Å². The number of fused-ring (bicyclic) bond motifs is 1. The van der Waals surface area contributed by atoms with Crippen LogP contribution < -0.4 is 5.32 Å². The molecule has 1 aliphatic carbocycles. The summed E-state index contributed by atoms with van der Waals surface area (Å²) in [6.07, 6.45) is 2.54. The Hall–Kier alpha value is -0.240. The number of nitrogens with one attached hydrogen (secondary N) is 1. The maximum atomic E-state index is 6.33. The lowest BCUT2D eigenvalue weighted by Gasteiger charge is -2.66. The zero-order valence-corrected chi connectivity index (χ0v) is 16.8. The Bertz CT molecular complexity index is 516. The molecular weight excluding hydrogens is 334 g/mol. The molecule has 4 aliphatic heterocycles. The van der Waals surface area contributed by atoms with E-state index in [2.05, 4.69) is 33.0 Å². The fourth-order valence-corrected chi connectivity index (χ4v) is 5.51. The van der Waals surface area contributed by atoms with Crippen LogP contribution in [0.3, 0.4) is 0 Å². The summed E-state index contributed by atoms with van der Waals surface area (Å²) in [4.78, 5) is 11.8. The van der Waals surface area contributed by atoms with Gasteiger partial charge in [-0.2, -0.15) is 0 Å². The highest BCUT2D eigenvalue weighted by Gasteiger charge is 2.72. The summed E-state index contributed by atoms with van der Waals surface area (Å²) >= 11 is 0. The first-order valence-electron chi connectivity index (χ1n) is 10.4. The maximum absolute atomic E-state index is 6.33. The van der Waals surface area contributed by atoms with Crippen molar-refractivity contribution >= 4 is 0 Å². The summed E-state index contributed by atoms with van der Waals surface area (Å²) in [5, 5.41) is 3.42. The molecule has 3 unspecified atom stereocenters. The molecular formula is C20H35NO5. The average Bonchev–Trinajstić information content (AvgIpc) is 2.59. The van der Waals surface area contributed by atoms with Gasteiger partial charge in [0, 0.05) is 30.7 Å². The number of hydrogen-bond acceptors (Lipinski definition) is 6. The minimum atomic E-state index is -0.711. The Morgan fingerprint density at radius 2 is 1.96 bits per heavy atom. The lowest BCUT2D eigenvalue weighted by atomic mass is 9.56. The molecule has 5 fully saturated rings. The molecule has 150 valence electrons. The molecule has 4 saturated heterocycles. The number of ether oxygens (including phenoxy) is 3. The lowest BCUT2D eigenvalue weighted by Crippen LogP contribution is -2.76. The van der Waals surface area contributed by atoms with Crippen LogP contribution in [0.25, 0.3) is 0 Å². The molecule has 4 heterocycles. The van der Waals surface area contributed by atoms with Crippen molar-refractivity contribution in [3.05, 3.63) is 0 Å². The van der Waals surface area contributed by atoms with Crippen LogP contribution in [-0.2, 0) is 24.0 Å². The normalized spacial score (nSPS) is 50.1. The fraction of sp³-hybridized carbons (Fsp3) is 1.00. The largest absolute Gasteiger partial charge is 0.351 e. The Balaban J connectivity index is 1.45. The molecule has 1 N–H and O–H groups in total. The highest BCUT2D eigenvalue weighted by molar-refractivity contribution is 5.10. The molecule has 5 rings (SSSR count). The summed E-state index contributed by atoms with van der Waals surface area (Å²) in [5.41, 5.74) is -0.482. The van der Waals surface area contributed by atoms with Crippen molar-refractivity contribution in [1.29, 1.82) is 0 Å². The van der Waals surface area contributed by atoms with Gasteiger partial charge in [-0.15, -0.1) is 0 Å². The first kappa shape index (κ1) is 19.1. The number of rotatable bonds is 6. The molecule has 0 aromatic carbocycles. The second kappa shape index (κ2) is 6.98. The maximum Gasteiger partial charge on any atom is 0.202 e. The third-order valence-corrected chi connectivity index (χ3v) is 6.89. The Labute approximate surface area is 157 Å². The van der Waals surface area contributed by atoms with Crippen LogP contribution in [0.1, 0.15) is 53.9 Å². The summed E-state index contributed by atoms with van der Waals surface area (Å²) in [6, 6.07) is 0. The van der Waals surface area contributed by atoms with E-state index in [1.807, 2.05) is 6.92 Å². The van der Waals surface area contributed by atoms with Crippen molar-refractivity contribution < 1.29 is 24.0 Å². The van der Waals surface area contributed by atoms with E-state index < -0.39 is 17.7 Å². The van der Waals surface area contributed by atoms with Crippen LogP contribution in [-0.4, -0.2) is 43.7 Å². The first-order valence-corrected chi connectivity index (χ1v) is 10.4. The Morgan fingerprint density at radius 1 is 1.15 bits per heavy atom. The topological polar surface area (TPSA) is 58.2 Å². The van der Waals surface area contributed by atoms with Gasteiger partial charge in [0.2, 0.25) is 5.79 Å². The molecule has 6 heteroatoms. The minimum absolute atomic E-state index is 0.251. The van der Waals surface area contributed by atoms with Crippen LogP contribution in [0, 0.1) is 29.6 Å². The molecule has 2 bridgehead atoms. The van der Waals surface area contributed by atoms with Crippen molar-refractivity contribution in [3.63, 3.8) is 0 Å². The SMILES string of the molecule is CC(C)CNCCO[C@H]1O[C@@H]2OC3(C)CC4[C@H](C)CCC([C@H]1C)[C@]42OO3. The summed E-state index contributed by atoms with van der Waals surface area (Å²) < 4.78 is 18.7. The van der Waals surface area contributed by atoms with Crippen molar-refractivity contribution in [3.8, 4) is 0 Å². The molecule has 0 aromatic heterocycles. The van der Waals surface area contributed by atoms with Gasteiger partial charge in [-0.05, 0) is 38.1 Å². The molecule has 1 spiro atoms. The van der Waals surface area contributed by atoms with Crippen molar-refractivity contribution in [2.75, 3.05) is 19.7 Å². The quantitative estimate of drug-likeness (QED) is 0.574.